The molecule has 1 fully saturated rings. The van der Waals surface area contributed by atoms with E-state index in [-0.39, 0.29) is 29.9 Å². The molecule has 4 rings (SSSR count). The van der Waals surface area contributed by atoms with Crippen molar-refractivity contribution in [2.45, 2.75) is 17.7 Å². The number of benzene rings is 1. The Hall–Kier alpha value is -2.98. The number of pyridine rings is 1. The quantitative estimate of drug-likeness (QED) is 0.789. The highest BCUT2D eigenvalue weighted by atomic mass is 32.2. The molecular formula is C19H21N5O4S. The molecule has 152 valence electrons. The lowest BCUT2D eigenvalue weighted by Crippen LogP contribution is -2.51. The molecule has 0 spiro atoms. The van der Waals surface area contributed by atoms with Crippen LogP contribution in [-0.2, 0) is 21.2 Å². The van der Waals surface area contributed by atoms with Gasteiger partial charge in [0.1, 0.15) is 4.90 Å². The fourth-order valence-corrected chi connectivity index (χ4v) is 4.83. The van der Waals surface area contributed by atoms with Gasteiger partial charge >= 0.3 is 6.03 Å². The number of urea groups is 1. The Morgan fingerprint density at radius 3 is 2.62 bits per heavy atom. The maximum atomic E-state index is 12.7. The number of anilines is 2. The lowest BCUT2D eigenvalue weighted by atomic mass is 10.0. The summed E-state index contributed by atoms with van der Waals surface area (Å²) >= 11 is 0. The average molecular weight is 415 g/mol. The topological polar surface area (TPSA) is 112 Å². The Labute approximate surface area is 168 Å². The Bertz CT molecular complexity index is 1030. The largest absolute Gasteiger partial charge is 0.326 e. The van der Waals surface area contributed by atoms with Crippen LogP contribution in [0.4, 0.5) is 16.2 Å². The van der Waals surface area contributed by atoms with Gasteiger partial charge in [-0.2, -0.15) is 4.31 Å². The number of carbonyl (C=O) groups is 2. The fraction of sp³-hybridized carbons (Fsp3) is 0.316. The van der Waals surface area contributed by atoms with E-state index < -0.39 is 10.0 Å². The second-order valence-corrected chi connectivity index (χ2v) is 8.87. The van der Waals surface area contributed by atoms with E-state index in [1.54, 1.807) is 23.1 Å². The maximum Gasteiger partial charge on any atom is 0.321 e. The van der Waals surface area contributed by atoms with Gasteiger partial charge in [-0.3, -0.25) is 9.78 Å². The van der Waals surface area contributed by atoms with Gasteiger partial charge in [0.05, 0.1) is 0 Å². The van der Waals surface area contributed by atoms with Gasteiger partial charge in [0, 0.05) is 56.4 Å². The molecular weight excluding hydrogens is 394 g/mol. The third-order valence-corrected chi connectivity index (χ3v) is 6.93. The van der Waals surface area contributed by atoms with Crippen molar-refractivity contribution >= 4 is 33.3 Å². The van der Waals surface area contributed by atoms with Crippen LogP contribution < -0.4 is 10.6 Å². The summed E-state index contributed by atoms with van der Waals surface area (Å²) in [5.41, 5.74) is 2.40. The zero-order chi connectivity index (χ0) is 20.4. The van der Waals surface area contributed by atoms with E-state index in [0.29, 0.717) is 31.6 Å². The molecule has 3 amide bonds. The number of piperazine rings is 1. The summed E-state index contributed by atoms with van der Waals surface area (Å²) in [6, 6.07) is 8.20. The van der Waals surface area contributed by atoms with Gasteiger partial charge in [0.25, 0.3) is 0 Å². The number of nitrogens with one attached hydrogen (secondary N) is 2. The van der Waals surface area contributed by atoms with Crippen LogP contribution in [0.25, 0.3) is 0 Å². The highest BCUT2D eigenvalue weighted by Gasteiger charge is 2.30. The summed E-state index contributed by atoms with van der Waals surface area (Å²) in [6.45, 7) is 1.04. The summed E-state index contributed by atoms with van der Waals surface area (Å²) in [5.74, 6) is -0.00612. The molecule has 0 radical (unpaired) electrons. The van der Waals surface area contributed by atoms with Gasteiger partial charge in [-0.1, -0.05) is 0 Å². The predicted molar refractivity (Wildman–Crippen MR) is 107 cm³/mol. The van der Waals surface area contributed by atoms with Gasteiger partial charge in [-0.25, -0.2) is 13.2 Å². The number of carbonyl (C=O) groups excluding carboxylic acids is 2. The van der Waals surface area contributed by atoms with Crippen LogP contribution in [0.3, 0.4) is 0 Å². The van der Waals surface area contributed by atoms with Crippen LogP contribution >= 0.6 is 0 Å². The van der Waals surface area contributed by atoms with Crippen LogP contribution in [-0.4, -0.2) is 60.7 Å². The highest BCUT2D eigenvalue weighted by Crippen LogP contribution is 2.26. The SMILES string of the molecule is O=C1CCc2cc(NC(=O)N3CCN(S(=O)(=O)c4cccnc4)CC3)ccc2N1. The minimum absolute atomic E-state index is 0.00612. The van der Waals surface area contributed by atoms with Crippen LogP contribution in [0.15, 0.2) is 47.6 Å². The Kier molecular flexibility index (Phi) is 5.20. The van der Waals surface area contributed by atoms with Gasteiger partial charge < -0.3 is 15.5 Å². The zero-order valence-electron chi connectivity index (χ0n) is 15.7. The van der Waals surface area contributed by atoms with Crippen molar-refractivity contribution in [3.8, 4) is 0 Å². The number of hydrogen-bond acceptors (Lipinski definition) is 5. The van der Waals surface area contributed by atoms with Gasteiger partial charge in [0.15, 0.2) is 0 Å². The van der Waals surface area contributed by atoms with E-state index in [2.05, 4.69) is 15.6 Å². The summed E-state index contributed by atoms with van der Waals surface area (Å²) in [5, 5.41) is 5.66. The molecule has 0 aliphatic carbocycles. The lowest BCUT2D eigenvalue weighted by Gasteiger charge is -2.34. The first-order valence-corrected chi connectivity index (χ1v) is 10.8. The monoisotopic (exact) mass is 415 g/mol. The van der Waals surface area contributed by atoms with Gasteiger partial charge in [-0.05, 0) is 42.3 Å². The van der Waals surface area contributed by atoms with E-state index in [0.717, 1.165) is 11.3 Å². The van der Waals surface area contributed by atoms with Crippen LogP contribution in [0.5, 0.6) is 0 Å². The molecule has 1 saturated heterocycles. The van der Waals surface area contributed by atoms with Gasteiger partial charge in [-0.15, -0.1) is 0 Å². The number of rotatable bonds is 3. The number of sulfonamides is 1. The molecule has 0 saturated carbocycles. The van der Waals surface area contributed by atoms with Crippen LogP contribution in [0, 0.1) is 0 Å². The van der Waals surface area contributed by atoms with Crippen molar-refractivity contribution in [3.63, 3.8) is 0 Å². The molecule has 2 aliphatic rings. The molecule has 1 aromatic carbocycles. The van der Waals surface area contributed by atoms with E-state index >= 15 is 0 Å². The highest BCUT2D eigenvalue weighted by molar-refractivity contribution is 7.89. The molecule has 0 bridgehead atoms. The average Bonchev–Trinajstić information content (AvgIpc) is 2.74. The molecule has 29 heavy (non-hydrogen) atoms. The molecule has 0 unspecified atom stereocenters. The van der Waals surface area contributed by atoms with Crippen LogP contribution in [0.2, 0.25) is 0 Å². The number of hydrogen-bond donors (Lipinski definition) is 2. The van der Waals surface area contributed by atoms with Crippen molar-refractivity contribution in [3.05, 3.63) is 48.3 Å². The fourth-order valence-electron chi connectivity index (χ4n) is 3.44. The first-order valence-electron chi connectivity index (χ1n) is 9.32. The second kappa shape index (κ2) is 7.80. The molecule has 2 aromatic rings. The van der Waals surface area contributed by atoms with E-state index in [4.69, 9.17) is 0 Å². The van der Waals surface area contributed by atoms with Crippen molar-refractivity contribution in [1.82, 2.24) is 14.2 Å². The summed E-state index contributed by atoms with van der Waals surface area (Å²) < 4.78 is 26.7. The van der Waals surface area contributed by atoms with E-state index in [9.17, 15) is 18.0 Å². The molecule has 10 heteroatoms. The Morgan fingerprint density at radius 2 is 1.90 bits per heavy atom. The lowest BCUT2D eigenvalue weighted by molar-refractivity contribution is -0.116. The van der Waals surface area contributed by atoms with Crippen molar-refractivity contribution in [1.29, 1.82) is 0 Å². The molecule has 1 aromatic heterocycles. The standard InChI is InChI=1S/C19H21N5O4S/c25-18-6-3-14-12-15(4-5-17(14)22-18)21-19(26)23-8-10-24(11-9-23)29(27,28)16-2-1-7-20-13-16/h1-2,4-5,7,12-13H,3,6,8-11H2,(H,21,26)(H,22,25). The smallest absolute Gasteiger partial charge is 0.321 e. The summed E-state index contributed by atoms with van der Waals surface area (Å²) in [4.78, 5) is 29.6. The number of fused-ring (bicyclic) bond motifs is 1. The minimum Gasteiger partial charge on any atom is -0.326 e. The Balaban J connectivity index is 1.37. The molecule has 2 N–H and O–H groups in total. The van der Waals surface area contributed by atoms with Crippen molar-refractivity contribution in [2.24, 2.45) is 0 Å². The first kappa shape index (κ1) is 19.3. The van der Waals surface area contributed by atoms with Gasteiger partial charge in [0.2, 0.25) is 15.9 Å². The normalized spacial score (nSPS) is 17.4. The van der Waals surface area contributed by atoms with Crippen molar-refractivity contribution < 1.29 is 18.0 Å². The predicted octanol–water partition coefficient (Wildman–Crippen LogP) is 1.50. The second-order valence-electron chi connectivity index (χ2n) is 6.93. The number of aryl methyl sites for hydroxylation is 1. The third kappa shape index (κ3) is 4.08. The number of amides is 3. The Morgan fingerprint density at radius 1 is 1.10 bits per heavy atom. The maximum absolute atomic E-state index is 12.7. The van der Waals surface area contributed by atoms with Crippen molar-refractivity contribution in [2.75, 3.05) is 36.8 Å². The minimum atomic E-state index is -3.61. The summed E-state index contributed by atoms with van der Waals surface area (Å²) in [7, 11) is -3.61. The van der Waals surface area contributed by atoms with E-state index in [1.807, 2.05) is 6.07 Å². The number of nitrogens with zero attached hydrogens (tertiary/aromatic N) is 3. The molecule has 2 aliphatic heterocycles. The molecule has 0 atom stereocenters. The number of aromatic nitrogens is 1. The van der Waals surface area contributed by atoms with E-state index in [1.165, 1.54) is 22.8 Å². The summed E-state index contributed by atoms with van der Waals surface area (Å²) in [6.07, 6.45) is 3.91. The third-order valence-electron chi connectivity index (χ3n) is 5.05. The van der Waals surface area contributed by atoms with Crippen LogP contribution in [0.1, 0.15) is 12.0 Å². The zero-order valence-corrected chi connectivity index (χ0v) is 16.5. The molecule has 3 heterocycles. The first-order chi connectivity index (χ1) is 13.9. The molecule has 9 nitrogen and oxygen atoms in total.